The lowest BCUT2D eigenvalue weighted by Crippen LogP contribution is -2.38. The molecule has 0 unspecified atom stereocenters. The van der Waals surface area contributed by atoms with Gasteiger partial charge in [-0.1, -0.05) is 6.92 Å². The van der Waals surface area contributed by atoms with Crippen LogP contribution in [0.25, 0.3) is 0 Å². The minimum atomic E-state index is 0.241. The normalized spacial score (nSPS) is 16.2. The first-order valence-corrected chi connectivity index (χ1v) is 7.40. The Morgan fingerprint density at radius 2 is 2.00 bits per heavy atom. The molecule has 5 nitrogen and oxygen atoms in total. The number of hydrogen-bond acceptors (Lipinski definition) is 4. The van der Waals surface area contributed by atoms with E-state index in [1.165, 1.54) is 0 Å². The average molecular weight is 277 g/mol. The molecule has 20 heavy (non-hydrogen) atoms. The fourth-order valence-corrected chi connectivity index (χ4v) is 2.34. The van der Waals surface area contributed by atoms with Gasteiger partial charge in [-0.05, 0) is 37.7 Å². The van der Waals surface area contributed by atoms with Gasteiger partial charge >= 0.3 is 6.01 Å². The molecule has 0 spiro atoms. The van der Waals surface area contributed by atoms with E-state index in [1.54, 1.807) is 12.4 Å². The predicted molar refractivity (Wildman–Crippen MR) is 76.5 cm³/mol. The molecule has 1 aromatic heterocycles. The van der Waals surface area contributed by atoms with Crippen LogP contribution in [0.15, 0.2) is 12.4 Å². The quantitative estimate of drug-likeness (QED) is 0.826. The molecule has 1 amide bonds. The molecule has 0 aliphatic carbocycles. The van der Waals surface area contributed by atoms with E-state index in [-0.39, 0.29) is 5.91 Å². The number of carbonyl (C=O) groups is 1. The van der Waals surface area contributed by atoms with Crippen LogP contribution in [-0.2, 0) is 11.2 Å². The summed E-state index contributed by atoms with van der Waals surface area (Å²) in [5.41, 5.74) is 0.979. The van der Waals surface area contributed by atoms with Crippen LogP contribution < -0.4 is 4.74 Å². The Morgan fingerprint density at radius 1 is 1.35 bits per heavy atom. The molecule has 1 fully saturated rings. The second kappa shape index (κ2) is 7.22. The monoisotopic (exact) mass is 277 g/mol. The van der Waals surface area contributed by atoms with E-state index in [0.717, 1.165) is 37.4 Å². The Hall–Kier alpha value is -1.65. The number of nitrogens with zero attached hydrogens (tertiary/aromatic N) is 3. The van der Waals surface area contributed by atoms with E-state index < -0.39 is 0 Å². The lowest BCUT2D eigenvalue weighted by atomic mass is 9.99. The number of carbonyl (C=O) groups excluding carboxylic acids is 1. The van der Waals surface area contributed by atoms with E-state index in [0.29, 0.717) is 25.5 Å². The van der Waals surface area contributed by atoms with Crippen molar-refractivity contribution in [3.05, 3.63) is 18.0 Å². The van der Waals surface area contributed by atoms with Crippen molar-refractivity contribution >= 4 is 5.91 Å². The van der Waals surface area contributed by atoms with Crippen LogP contribution in [-0.4, -0.2) is 40.5 Å². The van der Waals surface area contributed by atoms with E-state index in [2.05, 4.69) is 16.9 Å². The summed E-state index contributed by atoms with van der Waals surface area (Å²) in [5, 5.41) is 0. The maximum atomic E-state index is 12.1. The highest BCUT2D eigenvalue weighted by Crippen LogP contribution is 2.17. The smallest absolute Gasteiger partial charge is 0.316 e. The van der Waals surface area contributed by atoms with Gasteiger partial charge in [0, 0.05) is 31.9 Å². The lowest BCUT2D eigenvalue weighted by molar-refractivity contribution is -0.132. The van der Waals surface area contributed by atoms with Crippen LogP contribution in [0.4, 0.5) is 0 Å². The maximum Gasteiger partial charge on any atom is 0.316 e. The van der Waals surface area contributed by atoms with Crippen LogP contribution in [0.1, 0.15) is 38.7 Å². The molecule has 0 N–H and O–H groups in total. The van der Waals surface area contributed by atoms with Crippen molar-refractivity contribution in [2.75, 3.05) is 19.7 Å². The van der Waals surface area contributed by atoms with Crippen molar-refractivity contribution in [2.24, 2.45) is 5.92 Å². The van der Waals surface area contributed by atoms with Gasteiger partial charge in [-0.2, -0.15) is 0 Å². The zero-order valence-electron chi connectivity index (χ0n) is 12.3. The summed E-state index contributed by atoms with van der Waals surface area (Å²) in [4.78, 5) is 22.3. The first kappa shape index (κ1) is 14.8. The summed E-state index contributed by atoms with van der Waals surface area (Å²) < 4.78 is 5.19. The maximum absolute atomic E-state index is 12.1. The van der Waals surface area contributed by atoms with Gasteiger partial charge in [-0.25, -0.2) is 9.97 Å². The number of aromatic nitrogens is 2. The molecule has 5 heteroatoms. The number of likely N-dealkylation sites (tertiary alicyclic amines) is 1. The number of rotatable bonds is 5. The SMILES string of the molecule is CCOc1ncc(CCC(=O)N2CCC(C)CC2)cn1. The molecule has 0 saturated carbocycles. The summed E-state index contributed by atoms with van der Waals surface area (Å²) in [6.45, 7) is 6.51. The van der Waals surface area contributed by atoms with Gasteiger partial charge < -0.3 is 9.64 Å². The Labute approximate surface area is 120 Å². The van der Waals surface area contributed by atoms with Crippen molar-refractivity contribution < 1.29 is 9.53 Å². The number of ether oxygens (including phenoxy) is 1. The van der Waals surface area contributed by atoms with Gasteiger partial charge in [0.15, 0.2) is 0 Å². The number of hydrogen-bond donors (Lipinski definition) is 0. The molecule has 110 valence electrons. The summed E-state index contributed by atoms with van der Waals surface area (Å²) >= 11 is 0. The first-order chi connectivity index (χ1) is 9.69. The van der Waals surface area contributed by atoms with E-state index in [1.807, 2.05) is 11.8 Å². The van der Waals surface area contributed by atoms with Gasteiger partial charge in [-0.3, -0.25) is 4.79 Å². The summed E-state index contributed by atoms with van der Waals surface area (Å²) in [5.74, 6) is 0.990. The third-order valence-corrected chi connectivity index (χ3v) is 3.72. The van der Waals surface area contributed by atoms with E-state index in [4.69, 9.17) is 4.74 Å². The Kier molecular flexibility index (Phi) is 5.32. The van der Waals surface area contributed by atoms with Crippen molar-refractivity contribution in [3.63, 3.8) is 0 Å². The third-order valence-electron chi connectivity index (χ3n) is 3.72. The number of piperidine rings is 1. The molecular formula is C15H23N3O2. The molecule has 0 bridgehead atoms. The first-order valence-electron chi connectivity index (χ1n) is 7.40. The molecule has 0 radical (unpaired) electrons. The third kappa shape index (κ3) is 4.18. The molecule has 0 atom stereocenters. The number of aryl methyl sites for hydroxylation is 1. The minimum Gasteiger partial charge on any atom is -0.464 e. The van der Waals surface area contributed by atoms with Crippen molar-refractivity contribution in [2.45, 2.75) is 39.5 Å². The molecule has 1 saturated heterocycles. The van der Waals surface area contributed by atoms with Crippen molar-refractivity contribution in [1.29, 1.82) is 0 Å². The summed E-state index contributed by atoms with van der Waals surface area (Å²) in [7, 11) is 0. The minimum absolute atomic E-state index is 0.241. The van der Waals surface area contributed by atoms with Crippen LogP contribution in [0.2, 0.25) is 0 Å². The highest BCUT2D eigenvalue weighted by atomic mass is 16.5. The van der Waals surface area contributed by atoms with Crippen LogP contribution in [0.3, 0.4) is 0 Å². The summed E-state index contributed by atoms with van der Waals surface area (Å²) in [6.07, 6.45) is 6.95. The van der Waals surface area contributed by atoms with Gasteiger partial charge in [0.05, 0.1) is 6.61 Å². The molecule has 1 aliphatic rings. The van der Waals surface area contributed by atoms with Gasteiger partial charge in [-0.15, -0.1) is 0 Å². The van der Waals surface area contributed by atoms with E-state index >= 15 is 0 Å². The molecule has 1 aliphatic heterocycles. The van der Waals surface area contributed by atoms with Crippen LogP contribution in [0, 0.1) is 5.92 Å². The van der Waals surface area contributed by atoms with E-state index in [9.17, 15) is 4.79 Å². The second-order valence-electron chi connectivity index (χ2n) is 5.37. The molecule has 1 aromatic rings. The van der Waals surface area contributed by atoms with Crippen LogP contribution >= 0.6 is 0 Å². The Morgan fingerprint density at radius 3 is 2.60 bits per heavy atom. The topological polar surface area (TPSA) is 55.3 Å². The molecular weight excluding hydrogens is 254 g/mol. The molecule has 2 rings (SSSR count). The zero-order chi connectivity index (χ0) is 14.4. The van der Waals surface area contributed by atoms with Crippen LogP contribution in [0.5, 0.6) is 6.01 Å². The van der Waals surface area contributed by atoms with Crippen molar-refractivity contribution in [3.8, 4) is 6.01 Å². The summed E-state index contributed by atoms with van der Waals surface area (Å²) in [6, 6.07) is 0.396. The van der Waals surface area contributed by atoms with Crippen molar-refractivity contribution in [1.82, 2.24) is 14.9 Å². The largest absolute Gasteiger partial charge is 0.464 e. The highest BCUT2D eigenvalue weighted by molar-refractivity contribution is 5.76. The number of amides is 1. The van der Waals surface area contributed by atoms with Gasteiger partial charge in [0.25, 0.3) is 0 Å². The average Bonchev–Trinajstić information content (AvgIpc) is 2.47. The standard InChI is InChI=1S/C15H23N3O2/c1-3-20-15-16-10-13(11-17-15)4-5-14(19)18-8-6-12(2)7-9-18/h10-12H,3-9H2,1-2H3. The molecule has 2 heterocycles. The second-order valence-corrected chi connectivity index (χ2v) is 5.37. The zero-order valence-corrected chi connectivity index (χ0v) is 12.3. The highest BCUT2D eigenvalue weighted by Gasteiger charge is 2.19. The van der Waals surface area contributed by atoms with Gasteiger partial charge in [0.2, 0.25) is 5.91 Å². The Bertz CT molecular complexity index is 425. The van der Waals surface area contributed by atoms with Gasteiger partial charge in [0.1, 0.15) is 0 Å². The predicted octanol–water partition coefficient (Wildman–Crippen LogP) is 2.07. The Balaban J connectivity index is 1.78. The lowest BCUT2D eigenvalue weighted by Gasteiger charge is -2.30. The fraction of sp³-hybridized carbons (Fsp3) is 0.667. The molecule has 0 aromatic carbocycles. The fourth-order valence-electron chi connectivity index (χ4n) is 2.34.